The summed E-state index contributed by atoms with van der Waals surface area (Å²) < 4.78 is 5.69. The molecule has 1 atom stereocenters. The molecule has 0 aromatic rings. The van der Waals surface area contributed by atoms with Crippen LogP contribution in [0.4, 0.5) is 0 Å². The molecule has 1 fully saturated rings. The third-order valence-corrected chi connectivity index (χ3v) is 3.45. The summed E-state index contributed by atoms with van der Waals surface area (Å²) in [7, 11) is 2.04. The Bertz CT molecular complexity index is 185. The summed E-state index contributed by atoms with van der Waals surface area (Å²) >= 11 is 0. The van der Waals surface area contributed by atoms with Gasteiger partial charge in [-0.3, -0.25) is 4.90 Å². The van der Waals surface area contributed by atoms with Crippen molar-refractivity contribution in [2.24, 2.45) is 5.92 Å². The van der Waals surface area contributed by atoms with Crippen LogP contribution in [0.3, 0.4) is 0 Å². The Morgan fingerprint density at radius 3 is 2.88 bits per heavy atom. The Labute approximate surface area is 107 Å². The quantitative estimate of drug-likeness (QED) is 0.660. The molecule has 0 aromatic carbocycles. The molecule has 0 saturated carbocycles. The Morgan fingerprint density at radius 2 is 2.18 bits per heavy atom. The van der Waals surface area contributed by atoms with Crippen molar-refractivity contribution in [1.82, 2.24) is 10.2 Å². The van der Waals surface area contributed by atoms with Crippen molar-refractivity contribution in [3.8, 4) is 0 Å². The van der Waals surface area contributed by atoms with E-state index in [2.05, 4.69) is 24.1 Å². The van der Waals surface area contributed by atoms with Crippen LogP contribution in [0.15, 0.2) is 0 Å². The maximum absolute atomic E-state index is 5.69. The molecule has 0 aromatic heterocycles. The maximum Gasteiger partial charge on any atom is 0.0593 e. The molecule has 1 aliphatic rings. The third-order valence-electron chi connectivity index (χ3n) is 3.45. The molecule has 1 unspecified atom stereocenters. The summed E-state index contributed by atoms with van der Waals surface area (Å²) in [6.07, 6.45) is 5.41. The van der Waals surface area contributed by atoms with Crippen molar-refractivity contribution in [2.45, 2.75) is 45.6 Å². The third kappa shape index (κ3) is 6.39. The van der Waals surface area contributed by atoms with Gasteiger partial charge in [0.1, 0.15) is 0 Å². The lowest BCUT2D eigenvalue weighted by molar-refractivity contribution is 0.0582. The first-order valence-corrected chi connectivity index (χ1v) is 7.20. The number of ether oxygens (including phenoxy) is 1. The van der Waals surface area contributed by atoms with E-state index < -0.39 is 0 Å². The number of nitrogens with zero attached hydrogens (tertiary/aromatic N) is 1. The molecule has 0 amide bonds. The molecule has 0 bridgehead atoms. The normalized spacial score (nSPS) is 22.2. The summed E-state index contributed by atoms with van der Waals surface area (Å²) in [5.74, 6) is 0.649. The van der Waals surface area contributed by atoms with Crippen molar-refractivity contribution in [2.75, 3.05) is 39.9 Å². The van der Waals surface area contributed by atoms with E-state index >= 15 is 0 Å². The van der Waals surface area contributed by atoms with Crippen LogP contribution in [-0.4, -0.2) is 50.8 Å². The predicted octanol–water partition coefficient (Wildman–Crippen LogP) is 2.12. The van der Waals surface area contributed by atoms with Crippen LogP contribution in [0, 0.1) is 5.92 Å². The number of nitrogens with one attached hydrogen (secondary N) is 1. The summed E-state index contributed by atoms with van der Waals surface area (Å²) in [6.45, 7) is 9.71. The first-order chi connectivity index (χ1) is 8.24. The largest absolute Gasteiger partial charge is 0.380 e. The second kappa shape index (κ2) is 8.90. The van der Waals surface area contributed by atoms with Gasteiger partial charge in [-0.25, -0.2) is 0 Å². The van der Waals surface area contributed by atoms with Crippen molar-refractivity contribution in [3.63, 3.8) is 0 Å². The summed E-state index contributed by atoms with van der Waals surface area (Å²) in [4.78, 5) is 2.63. The maximum atomic E-state index is 5.69. The fraction of sp³-hybridized carbons (Fsp3) is 1.00. The monoisotopic (exact) mass is 242 g/mol. The zero-order valence-corrected chi connectivity index (χ0v) is 11.9. The van der Waals surface area contributed by atoms with Gasteiger partial charge >= 0.3 is 0 Å². The van der Waals surface area contributed by atoms with Crippen molar-refractivity contribution >= 4 is 0 Å². The van der Waals surface area contributed by atoms with E-state index in [1.807, 2.05) is 7.05 Å². The fourth-order valence-corrected chi connectivity index (χ4v) is 2.49. The summed E-state index contributed by atoms with van der Waals surface area (Å²) in [5.41, 5.74) is 0. The predicted molar refractivity (Wildman–Crippen MR) is 73.4 cm³/mol. The van der Waals surface area contributed by atoms with Gasteiger partial charge in [0.2, 0.25) is 0 Å². The first kappa shape index (κ1) is 14.9. The molecule has 3 heteroatoms. The molecule has 1 saturated heterocycles. The zero-order chi connectivity index (χ0) is 12.5. The molecule has 1 heterocycles. The Hall–Kier alpha value is -0.120. The molecule has 0 aliphatic carbocycles. The molecular formula is C14H30N2O. The smallest absolute Gasteiger partial charge is 0.0593 e. The zero-order valence-electron chi connectivity index (χ0n) is 11.9. The first-order valence-electron chi connectivity index (χ1n) is 7.20. The lowest BCUT2D eigenvalue weighted by atomic mass is 9.99. The fourth-order valence-electron chi connectivity index (χ4n) is 2.49. The molecule has 0 spiro atoms. The van der Waals surface area contributed by atoms with Gasteiger partial charge in [0.15, 0.2) is 0 Å². The number of hydrogen-bond donors (Lipinski definition) is 1. The number of piperidine rings is 1. The average Bonchev–Trinajstić information content (AvgIpc) is 2.33. The minimum absolute atomic E-state index is 0.649. The van der Waals surface area contributed by atoms with Gasteiger partial charge in [0, 0.05) is 19.2 Å². The van der Waals surface area contributed by atoms with Gasteiger partial charge in [-0.05, 0) is 45.3 Å². The molecule has 0 radical (unpaired) electrons. The highest BCUT2D eigenvalue weighted by Gasteiger charge is 2.21. The standard InChI is InChI=1S/C14H30N2O/c1-13(2)12-17-11-10-16-9-5-4-6-14(16)7-8-15-3/h13-15H,4-12H2,1-3H3. The molecule has 1 aliphatic heterocycles. The van der Waals surface area contributed by atoms with Crippen LogP contribution in [0.1, 0.15) is 39.5 Å². The van der Waals surface area contributed by atoms with Crippen LogP contribution in [0.25, 0.3) is 0 Å². The molecular weight excluding hydrogens is 212 g/mol. The highest BCUT2D eigenvalue weighted by molar-refractivity contribution is 4.77. The van der Waals surface area contributed by atoms with Crippen molar-refractivity contribution in [1.29, 1.82) is 0 Å². The van der Waals surface area contributed by atoms with E-state index in [9.17, 15) is 0 Å². The van der Waals surface area contributed by atoms with Crippen molar-refractivity contribution in [3.05, 3.63) is 0 Å². The average molecular weight is 242 g/mol. The van der Waals surface area contributed by atoms with E-state index in [1.54, 1.807) is 0 Å². The van der Waals surface area contributed by atoms with Gasteiger partial charge < -0.3 is 10.1 Å². The molecule has 3 nitrogen and oxygen atoms in total. The van der Waals surface area contributed by atoms with Crippen LogP contribution in [-0.2, 0) is 4.74 Å². The van der Waals surface area contributed by atoms with Gasteiger partial charge in [-0.2, -0.15) is 0 Å². The van der Waals surface area contributed by atoms with E-state index in [0.29, 0.717) is 5.92 Å². The highest BCUT2D eigenvalue weighted by atomic mass is 16.5. The number of likely N-dealkylation sites (tertiary alicyclic amines) is 1. The summed E-state index contributed by atoms with van der Waals surface area (Å²) in [6, 6.07) is 0.777. The Balaban J connectivity index is 2.18. The molecule has 1 rings (SSSR count). The molecule has 17 heavy (non-hydrogen) atoms. The van der Waals surface area contributed by atoms with Gasteiger partial charge in [0.05, 0.1) is 6.61 Å². The second-order valence-corrected chi connectivity index (χ2v) is 5.55. The SMILES string of the molecule is CNCCC1CCCCN1CCOCC(C)C. The van der Waals surface area contributed by atoms with Crippen molar-refractivity contribution < 1.29 is 4.74 Å². The minimum atomic E-state index is 0.649. The van der Waals surface area contributed by atoms with Gasteiger partial charge in [-0.15, -0.1) is 0 Å². The summed E-state index contributed by atoms with van der Waals surface area (Å²) in [5, 5.41) is 3.26. The number of rotatable bonds is 8. The molecule has 102 valence electrons. The highest BCUT2D eigenvalue weighted by Crippen LogP contribution is 2.18. The van der Waals surface area contributed by atoms with Crippen LogP contribution < -0.4 is 5.32 Å². The van der Waals surface area contributed by atoms with E-state index in [4.69, 9.17) is 4.74 Å². The van der Waals surface area contributed by atoms with E-state index in [0.717, 1.165) is 32.3 Å². The topological polar surface area (TPSA) is 24.5 Å². The van der Waals surface area contributed by atoms with Crippen LogP contribution in [0.5, 0.6) is 0 Å². The van der Waals surface area contributed by atoms with Crippen LogP contribution in [0.2, 0.25) is 0 Å². The lowest BCUT2D eigenvalue weighted by Crippen LogP contribution is -2.42. The van der Waals surface area contributed by atoms with E-state index in [-0.39, 0.29) is 0 Å². The number of hydrogen-bond acceptors (Lipinski definition) is 3. The Morgan fingerprint density at radius 1 is 1.35 bits per heavy atom. The van der Waals surface area contributed by atoms with Crippen LogP contribution >= 0.6 is 0 Å². The minimum Gasteiger partial charge on any atom is -0.380 e. The van der Waals surface area contributed by atoms with Gasteiger partial charge in [0.25, 0.3) is 0 Å². The lowest BCUT2D eigenvalue weighted by Gasteiger charge is -2.35. The molecule has 1 N–H and O–H groups in total. The van der Waals surface area contributed by atoms with E-state index in [1.165, 1.54) is 32.2 Å². The Kier molecular flexibility index (Phi) is 7.82. The second-order valence-electron chi connectivity index (χ2n) is 5.55. The van der Waals surface area contributed by atoms with Gasteiger partial charge in [-0.1, -0.05) is 20.3 Å².